The van der Waals surface area contributed by atoms with Gasteiger partial charge in [-0.05, 0) is 27.4 Å². The summed E-state index contributed by atoms with van der Waals surface area (Å²) >= 11 is 5.27. The maximum Gasteiger partial charge on any atom is 0.0691 e. The lowest BCUT2D eigenvalue weighted by molar-refractivity contribution is 0.00428. The Balaban J connectivity index is 1.97. The van der Waals surface area contributed by atoms with Crippen molar-refractivity contribution in [1.82, 2.24) is 10.4 Å². The number of nitrogens with zero attached hydrogens (tertiary/aromatic N) is 1. The van der Waals surface area contributed by atoms with E-state index in [2.05, 4.69) is 37.8 Å². The maximum atomic E-state index is 5.82. The van der Waals surface area contributed by atoms with Crippen LogP contribution in [-0.4, -0.2) is 37.9 Å². The molecule has 0 aromatic carbocycles. The average Bonchev–Trinajstić information content (AvgIpc) is 2.74. The molecule has 1 unspecified atom stereocenters. The van der Waals surface area contributed by atoms with Crippen LogP contribution in [0.3, 0.4) is 0 Å². The number of hydrogen-bond acceptors (Lipinski definition) is 5. The van der Waals surface area contributed by atoms with E-state index in [0.717, 1.165) is 30.8 Å². The highest BCUT2D eigenvalue weighted by atomic mass is 79.9. The predicted octanol–water partition coefficient (Wildman–Crippen LogP) is 1.35. The molecule has 2 rings (SSSR count). The van der Waals surface area contributed by atoms with Crippen LogP contribution in [0.4, 0.5) is 0 Å². The van der Waals surface area contributed by atoms with Crippen LogP contribution in [0.5, 0.6) is 0 Å². The molecule has 4 nitrogen and oxygen atoms in total. The first kappa shape index (κ1) is 12.5. The number of hydrogen-bond donors (Lipinski definition) is 2. The van der Waals surface area contributed by atoms with Crippen molar-refractivity contribution >= 4 is 27.3 Å². The Bertz CT molecular complexity index is 328. The predicted molar refractivity (Wildman–Crippen MR) is 69.3 cm³/mol. The molecule has 16 heavy (non-hydrogen) atoms. The minimum atomic E-state index is 0.187. The molecule has 0 amide bonds. The van der Waals surface area contributed by atoms with Crippen molar-refractivity contribution in [1.29, 1.82) is 0 Å². The van der Waals surface area contributed by atoms with E-state index >= 15 is 0 Å². The van der Waals surface area contributed by atoms with Gasteiger partial charge in [0.05, 0.1) is 19.3 Å². The minimum absolute atomic E-state index is 0.187. The molecule has 0 bridgehead atoms. The Kier molecular flexibility index (Phi) is 4.75. The summed E-state index contributed by atoms with van der Waals surface area (Å²) in [7, 11) is 0. The SMILES string of the molecule is NCC(NN1CCOCC1)c1sccc1Br. The Labute approximate surface area is 108 Å². The molecule has 90 valence electrons. The lowest BCUT2D eigenvalue weighted by Crippen LogP contribution is -2.48. The number of nitrogens with one attached hydrogen (secondary N) is 1. The highest BCUT2D eigenvalue weighted by molar-refractivity contribution is 9.10. The first-order chi connectivity index (χ1) is 7.81. The number of rotatable bonds is 4. The zero-order valence-electron chi connectivity index (χ0n) is 8.99. The number of ether oxygens (including phenoxy) is 1. The fraction of sp³-hybridized carbons (Fsp3) is 0.600. The Hall–Kier alpha value is 0.0200. The normalized spacial score (nSPS) is 19.9. The largest absolute Gasteiger partial charge is 0.379 e. The lowest BCUT2D eigenvalue weighted by atomic mass is 10.2. The first-order valence-corrected chi connectivity index (χ1v) is 7.00. The van der Waals surface area contributed by atoms with Crippen LogP contribution in [0.1, 0.15) is 10.9 Å². The molecule has 3 N–H and O–H groups in total. The molecule has 0 radical (unpaired) electrons. The molecular formula is C10H16BrN3OS. The Morgan fingerprint density at radius 1 is 1.56 bits per heavy atom. The third-order valence-electron chi connectivity index (χ3n) is 2.55. The summed E-state index contributed by atoms with van der Waals surface area (Å²) in [4.78, 5) is 1.26. The molecule has 6 heteroatoms. The van der Waals surface area contributed by atoms with Gasteiger partial charge in [-0.3, -0.25) is 0 Å². The van der Waals surface area contributed by atoms with E-state index in [1.54, 1.807) is 11.3 Å². The van der Waals surface area contributed by atoms with E-state index < -0.39 is 0 Å². The summed E-state index contributed by atoms with van der Waals surface area (Å²) in [5.41, 5.74) is 9.27. The highest BCUT2D eigenvalue weighted by Gasteiger charge is 2.18. The highest BCUT2D eigenvalue weighted by Crippen LogP contribution is 2.28. The van der Waals surface area contributed by atoms with Gasteiger partial charge in [0.25, 0.3) is 0 Å². The van der Waals surface area contributed by atoms with Crippen molar-refractivity contribution in [3.05, 3.63) is 20.8 Å². The topological polar surface area (TPSA) is 50.5 Å². The van der Waals surface area contributed by atoms with Gasteiger partial charge in [0, 0.05) is 29.0 Å². The fourth-order valence-corrected chi connectivity index (χ4v) is 3.39. The minimum Gasteiger partial charge on any atom is -0.379 e. The number of thiophene rings is 1. The standard InChI is InChI=1S/C10H16BrN3OS/c11-8-1-6-16-10(8)9(7-12)13-14-2-4-15-5-3-14/h1,6,9,13H,2-5,7,12H2. The van der Waals surface area contributed by atoms with Crippen molar-refractivity contribution in [3.8, 4) is 0 Å². The first-order valence-electron chi connectivity index (χ1n) is 5.33. The van der Waals surface area contributed by atoms with Gasteiger partial charge in [-0.2, -0.15) is 0 Å². The Morgan fingerprint density at radius 2 is 2.31 bits per heavy atom. The van der Waals surface area contributed by atoms with Crippen LogP contribution in [0.15, 0.2) is 15.9 Å². The molecule has 1 aliphatic heterocycles. The second-order valence-corrected chi connectivity index (χ2v) is 5.45. The van der Waals surface area contributed by atoms with E-state index in [-0.39, 0.29) is 6.04 Å². The van der Waals surface area contributed by atoms with E-state index in [0.29, 0.717) is 6.54 Å². The molecule has 0 saturated carbocycles. The van der Waals surface area contributed by atoms with Crippen molar-refractivity contribution in [2.75, 3.05) is 32.8 Å². The summed E-state index contributed by atoms with van der Waals surface area (Å²) in [6, 6.07) is 2.25. The van der Waals surface area contributed by atoms with Crippen LogP contribution in [0.25, 0.3) is 0 Å². The summed E-state index contributed by atoms with van der Waals surface area (Å²) in [6.45, 7) is 4.00. The van der Waals surface area contributed by atoms with Gasteiger partial charge in [-0.15, -0.1) is 11.3 Å². The quantitative estimate of drug-likeness (QED) is 0.881. The zero-order valence-corrected chi connectivity index (χ0v) is 11.4. The van der Waals surface area contributed by atoms with Crippen LogP contribution in [0.2, 0.25) is 0 Å². The summed E-state index contributed by atoms with van der Waals surface area (Å²) in [5, 5.41) is 4.26. The molecule has 0 aliphatic carbocycles. The van der Waals surface area contributed by atoms with Gasteiger partial charge in [0.15, 0.2) is 0 Å². The molecule has 1 atom stereocenters. The van der Waals surface area contributed by atoms with Gasteiger partial charge >= 0.3 is 0 Å². The average molecular weight is 306 g/mol. The van der Waals surface area contributed by atoms with Crippen LogP contribution >= 0.6 is 27.3 Å². The van der Waals surface area contributed by atoms with Crippen molar-refractivity contribution < 1.29 is 4.74 Å². The van der Waals surface area contributed by atoms with Gasteiger partial charge in [0.1, 0.15) is 0 Å². The number of nitrogens with two attached hydrogens (primary N) is 1. The molecule has 1 aromatic heterocycles. The van der Waals surface area contributed by atoms with Gasteiger partial charge in [-0.1, -0.05) is 0 Å². The van der Waals surface area contributed by atoms with Crippen LogP contribution in [-0.2, 0) is 4.74 Å². The smallest absolute Gasteiger partial charge is 0.0691 e. The number of halogens is 1. The molecular weight excluding hydrogens is 290 g/mol. The third kappa shape index (κ3) is 3.03. The van der Waals surface area contributed by atoms with E-state index in [1.807, 2.05) is 0 Å². The van der Waals surface area contributed by atoms with Gasteiger partial charge in [0.2, 0.25) is 0 Å². The zero-order chi connectivity index (χ0) is 11.4. The number of hydrazine groups is 1. The summed E-state index contributed by atoms with van der Waals surface area (Å²) in [5.74, 6) is 0. The second-order valence-electron chi connectivity index (χ2n) is 3.65. The van der Waals surface area contributed by atoms with Crippen molar-refractivity contribution in [3.63, 3.8) is 0 Å². The Morgan fingerprint density at radius 3 is 2.88 bits per heavy atom. The van der Waals surface area contributed by atoms with Gasteiger partial charge < -0.3 is 10.5 Å². The monoisotopic (exact) mass is 305 g/mol. The summed E-state index contributed by atoms with van der Waals surface area (Å²) in [6.07, 6.45) is 0. The molecule has 1 saturated heterocycles. The lowest BCUT2D eigenvalue weighted by Gasteiger charge is -2.31. The van der Waals surface area contributed by atoms with E-state index in [4.69, 9.17) is 10.5 Å². The molecule has 1 fully saturated rings. The second kappa shape index (κ2) is 6.09. The molecule has 2 heterocycles. The van der Waals surface area contributed by atoms with Crippen molar-refractivity contribution in [2.45, 2.75) is 6.04 Å². The van der Waals surface area contributed by atoms with E-state index in [9.17, 15) is 0 Å². The maximum absolute atomic E-state index is 5.82. The van der Waals surface area contributed by atoms with Crippen molar-refractivity contribution in [2.24, 2.45) is 5.73 Å². The van der Waals surface area contributed by atoms with E-state index in [1.165, 1.54) is 4.88 Å². The molecule has 1 aromatic rings. The fourth-order valence-electron chi connectivity index (χ4n) is 1.69. The van der Waals surface area contributed by atoms with Crippen LogP contribution in [0, 0.1) is 0 Å². The van der Waals surface area contributed by atoms with Gasteiger partial charge in [-0.25, -0.2) is 10.4 Å². The summed E-state index contributed by atoms with van der Waals surface area (Å²) < 4.78 is 6.44. The molecule has 1 aliphatic rings. The number of morpholine rings is 1. The molecule has 0 spiro atoms. The van der Waals surface area contributed by atoms with Crippen LogP contribution < -0.4 is 11.2 Å². The third-order valence-corrected chi connectivity index (χ3v) is 4.53.